The Kier molecular flexibility index (Phi) is 7.15. The maximum Gasteiger partial charge on any atom is 0.241 e. The summed E-state index contributed by atoms with van der Waals surface area (Å²) in [5, 5.41) is 9.35. The van der Waals surface area contributed by atoms with Crippen molar-refractivity contribution in [3.05, 3.63) is 35.9 Å². The van der Waals surface area contributed by atoms with Gasteiger partial charge in [-0.1, -0.05) is 30.3 Å². The molecule has 3 aliphatic heterocycles. The molecule has 3 saturated heterocycles. The summed E-state index contributed by atoms with van der Waals surface area (Å²) in [7, 11) is 0. The molecule has 0 saturated carbocycles. The lowest BCUT2D eigenvalue weighted by atomic mass is 9.86. The Labute approximate surface area is 173 Å². The highest BCUT2D eigenvalue weighted by Crippen LogP contribution is 2.29. The number of ether oxygens (including phenoxy) is 1. The minimum atomic E-state index is -0.182. The Bertz CT molecular complexity index is 653. The van der Waals surface area contributed by atoms with E-state index in [4.69, 9.17) is 4.74 Å². The van der Waals surface area contributed by atoms with Crippen LogP contribution in [0.3, 0.4) is 0 Å². The number of carbonyl (C=O) groups is 1. The number of hydrogen-bond donors (Lipinski definition) is 3. The van der Waals surface area contributed by atoms with Crippen molar-refractivity contribution in [1.82, 2.24) is 20.7 Å². The van der Waals surface area contributed by atoms with Gasteiger partial charge in [0.15, 0.2) is 0 Å². The number of hydrogen-bond acceptors (Lipinski definition) is 6. The molecule has 4 atom stereocenters. The molecule has 3 fully saturated rings. The topological polar surface area (TPSA) is 77.1 Å². The molecule has 160 valence electrons. The fraction of sp³-hybridized carbons (Fsp3) is 0.682. The highest BCUT2D eigenvalue weighted by molar-refractivity contribution is 5.82. The molecule has 29 heavy (non-hydrogen) atoms. The van der Waals surface area contributed by atoms with Gasteiger partial charge in [-0.3, -0.25) is 9.69 Å². The van der Waals surface area contributed by atoms with E-state index in [1.54, 1.807) is 0 Å². The van der Waals surface area contributed by atoms with Crippen molar-refractivity contribution in [2.45, 2.75) is 43.8 Å². The smallest absolute Gasteiger partial charge is 0.241 e. The summed E-state index contributed by atoms with van der Waals surface area (Å²) < 4.78 is 5.52. The number of hydrazine groups is 1. The van der Waals surface area contributed by atoms with Gasteiger partial charge < -0.3 is 14.7 Å². The van der Waals surface area contributed by atoms with Crippen molar-refractivity contribution in [2.75, 3.05) is 46.0 Å². The van der Waals surface area contributed by atoms with Gasteiger partial charge in [0.25, 0.3) is 0 Å². The van der Waals surface area contributed by atoms with Crippen LogP contribution in [0.2, 0.25) is 0 Å². The first-order chi connectivity index (χ1) is 14.3. The summed E-state index contributed by atoms with van der Waals surface area (Å²) in [4.78, 5) is 17.8. The van der Waals surface area contributed by atoms with E-state index in [0.29, 0.717) is 12.0 Å². The molecule has 1 aromatic rings. The van der Waals surface area contributed by atoms with Crippen LogP contribution in [-0.2, 0) is 9.53 Å². The van der Waals surface area contributed by atoms with Crippen LogP contribution in [0.4, 0.5) is 0 Å². The van der Waals surface area contributed by atoms with Gasteiger partial charge in [0.05, 0.1) is 13.2 Å². The van der Waals surface area contributed by atoms with Crippen LogP contribution >= 0.6 is 0 Å². The number of nitrogens with one attached hydrogen (secondary N) is 2. The summed E-state index contributed by atoms with van der Waals surface area (Å²) in [5.41, 5.74) is 7.73. The lowest BCUT2D eigenvalue weighted by Crippen LogP contribution is -2.57. The van der Waals surface area contributed by atoms with Gasteiger partial charge in [-0.05, 0) is 37.2 Å². The van der Waals surface area contributed by atoms with Gasteiger partial charge >= 0.3 is 0 Å². The number of likely N-dealkylation sites (tertiary alicyclic amines) is 1. The Hall–Kier alpha value is -1.51. The van der Waals surface area contributed by atoms with Crippen LogP contribution < -0.4 is 10.9 Å². The molecule has 3 heterocycles. The molecular weight excluding hydrogens is 368 g/mol. The van der Waals surface area contributed by atoms with Crippen molar-refractivity contribution >= 4 is 5.91 Å². The quantitative estimate of drug-likeness (QED) is 0.657. The molecule has 1 amide bonds. The number of morpholine rings is 1. The third-order valence-electron chi connectivity index (χ3n) is 6.66. The second-order valence-corrected chi connectivity index (χ2v) is 8.45. The number of rotatable bonds is 6. The average Bonchev–Trinajstić information content (AvgIpc) is 3.28. The number of benzene rings is 1. The van der Waals surface area contributed by atoms with Gasteiger partial charge in [0.2, 0.25) is 5.91 Å². The van der Waals surface area contributed by atoms with Crippen LogP contribution in [-0.4, -0.2) is 78.9 Å². The minimum Gasteiger partial charge on any atom is -0.396 e. The number of carbonyl (C=O) groups excluding carboxylic acids is 1. The van der Waals surface area contributed by atoms with Crippen molar-refractivity contribution < 1.29 is 14.6 Å². The molecule has 2 unspecified atom stereocenters. The molecule has 1 aromatic carbocycles. The molecule has 0 bridgehead atoms. The van der Waals surface area contributed by atoms with E-state index >= 15 is 0 Å². The number of piperidine rings is 1. The first-order valence-corrected chi connectivity index (χ1v) is 11.0. The lowest BCUT2D eigenvalue weighted by molar-refractivity contribution is -0.136. The largest absolute Gasteiger partial charge is 0.396 e. The normalized spacial score (nSPS) is 31.1. The third-order valence-corrected chi connectivity index (χ3v) is 6.66. The monoisotopic (exact) mass is 402 g/mol. The Morgan fingerprint density at radius 3 is 2.69 bits per heavy atom. The maximum absolute atomic E-state index is 13.2. The third kappa shape index (κ3) is 4.98. The molecule has 0 spiro atoms. The number of aliphatic hydroxyl groups is 1. The summed E-state index contributed by atoms with van der Waals surface area (Å²) >= 11 is 0. The lowest BCUT2D eigenvalue weighted by Gasteiger charge is -2.45. The number of nitrogens with zero attached hydrogens (tertiary/aromatic N) is 2. The molecule has 0 radical (unpaired) electrons. The second kappa shape index (κ2) is 10.00. The van der Waals surface area contributed by atoms with E-state index in [1.165, 1.54) is 5.56 Å². The van der Waals surface area contributed by atoms with E-state index in [2.05, 4.69) is 27.9 Å². The van der Waals surface area contributed by atoms with E-state index in [1.807, 2.05) is 23.1 Å². The van der Waals surface area contributed by atoms with Crippen LogP contribution in [0.25, 0.3) is 0 Å². The zero-order chi connectivity index (χ0) is 20.1. The molecular formula is C22H34N4O3. The van der Waals surface area contributed by atoms with Gasteiger partial charge in [0, 0.05) is 44.9 Å². The van der Waals surface area contributed by atoms with E-state index in [-0.39, 0.29) is 24.6 Å². The maximum atomic E-state index is 13.2. The predicted molar refractivity (Wildman–Crippen MR) is 111 cm³/mol. The fourth-order valence-electron chi connectivity index (χ4n) is 5.09. The van der Waals surface area contributed by atoms with Crippen LogP contribution in [0.1, 0.15) is 37.3 Å². The standard InChI is InChI=1S/C22H34N4O3/c27-12-4-7-18-16-26(9-8-21(18)25-10-13-29-14-11-25)22(28)20-15-19(23-24-20)17-5-2-1-3-6-17/h1-3,5-6,18-21,23-24,27H,4,7-16H2/t18-,19?,20?,21+/m1/s1. The summed E-state index contributed by atoms with van der Waals surface area (Å²) in [6.45, 7) is 5.35. The first-order valence-electron chi connectivity index (χ1n) is 11.0. The van der Waals surface area contributed by atoms with E-state index in [9.17, 15) is 9.90 Å². The van der Waals surface area contributed by atoms with E-state index in [0.717, 1.165) is 65.1 Å². The highest BCUT2D eigenvalue weighted by Gasteiger charge is 2.39. The van der Waals surface area contributed by atoms with Crippen LogP contribution in [0.5, 0.6) is 0 Å². The SMILES string of the molecule is O=C(C1CC(c2ccccc2)NN1)N1CC[C@H](N2CCOCC2)[C@H](CCCO)C1. The summed E-state index contributed by atoms with van der Waals surface area (Å²) in [5.74, 6) is 0.614. The van der Waals surface area contributed by atoms with Crippen LogP contribution in [0.15, 0.2) is 30.3 Å². The van der Waals surface area contributed by atoms with Crippen molar-refractivity contribution in [3.63, 3.8) is 0 Å². The number of amides is 1. The summed E-state index contributed by atoms with van der Waals surface area (Å²) in [6.07, 6.45) is 3.54. The fourth-order valence-corrected chi connectivity index (χ4v) is 5.09. The highest BCUT2D eigenvalue weighted by atomic mass is 16.5. The Morgan fingerprint density at radius 1 is 1.14 bits per heavy atom. The zero-order valence-electron chi connectivity index (χ0n) is 17.1. The molecule has 4 rings (SSSR count). The Balaban J connectivity index is 1.36. The Morgan fingerprint density at radius 2 is 1.93 bits per heavy atom. The zero-order valence-corrected chi connectivity index (χ0v) is 17.1. The van der Waals surface area contributed by atoms with Crippen molar-refractivity contribution in [3.8, 4) is 0 Å². The molecule has 7 nitrogen and oxygen atoms in total. The second-order valence-electron chi connectivity index (χ2n) is 8.45. The first kappa shape index (κ1) is 20.8. The molecule has 3 aliphatic rings. The molecule has 0 aromatic heterocycles. The van der Waals surface area contributed by atoms with E-state index < -0.39 is 0 Å². The predicted octanol–water partition coefficient (Wildman–Crippen LogP) is 0.916. The number of aliphatic hydroxyl groups excluding tert-OH is 1. The van der Waals surface area contributed by atoms with Crippen molar-refractivity contribution in [1.29, 1.82) is 0 Å². The van der Waals surface area contributed by atoms with Gasteiger partial charge in [0.1, 0.15) is 6.04 Å². The molecule has 0 aliphatic carbocycles. The summed E-state index contributed by atoms with van der Waals surface area (Å²) in [6, 6.07) is 10.8. The average molecular weight is 403 g/mol. The van der Waals surface area contributed by atoms with Gasteiger partial charge in [-0.15, -0.1) is 0 Å². The van der Waals surface area contributed by atoms with Crippen molar-refractivity contribution in [2.24, 2.45) is 5.92 Å². The minimum absolute atomic E-state index is 0.168. The van der Waals surface area contributed by atoms with Gasteiger partial charge in [-0.25, -0.2) is 10.9 Å². The van der Waals surface area contributed by atoms with Gasteiger partial charge in [-0.2, -0.15) is 0 Å². The van der Waals surface area contributed by atoms with Crippen LogP contribution in [0, 0.1) is 5.92 Å². The molecule has 7 heteroatoms. The molecule has 3 N–H and O–H groups in total.